The quantitative estimate of drug-likeness (QED) is 0.593. The van der Waals surface area contributed by atoms with E-state index in [-0.39, 0.29) is 12.0 Å². The molecule has 0 spiro atoms. The molecule has 0 aliphatic rings. The standard InChI is InChI=1S/C13H28N2O2/c1-5-9-12(13(16)17-8-4)14-10-11-15(6-2)7-3/h12,14H,5-11H2,1-4H3. The number of carbonyl (C=O) groups is 1. The summed E-state index contributed by atoms with van der Waals surface area (Å²) in [5, 5.41) is 3.29. The van der Waals surface area contributed by atoms with E-state index in [9.17, 15) is 4.79 Å². The summed E-state index contributed by atoms with van der Waals surface area (Å²) in [6.07, 6.45) is 1.83. The van der Waals surface area contributed by atoms with Gasteiger partial charge in [0.25, 0.3) is 0 Å². The lowest BCUT2D eigenvalue weighted by Crippen LogP contribution is -2.42. The summed E-state index contributed by atoms with van der Waals surface area (Å²) in [7, 11) is 0. The summed E-state index contributed by atoms with van der Waals surface area (Å²) in [5.74, 6) is -0.117. The summed E-state index contributed by atoms with van der Waals surface area (Å²) in [6, 6.07) is -0.143. The smallest absolute Gasteiger partial charge is 0.323 e. The Bertz CT molecular complexity index is 194. The van der Waals surface area contributed by atoms with Crippen LogP contribution in [0.4, 0.5) is 0 Å². The molecule has 0 radical (unpaired) electrons. The molecule has 0 aromatic carbocycles. The molecule has 4 nitrogen and oxygen atoms in total. The number of nitrogens with zero attached hydrogens (tertiary/aromatic N) is 1. The maximum Gasteiger partial charge on any atom is 0.323 e. The molecule has 0 fully saturated rings. The van der Waals surface area contributed by atoms with Gasteiger partial charge in [0.2, 0.25) is 0 Å². The molecule has 1 atom stereocenters. The van der Waals surface area contributed by atoms with Crippen molar-refractivity contribution in [3.63, 3.8) is 0 Å². The van der Waals surface area contributed by atoms with Crippen molar-refractivity contribution in [1.29, 1.82) is 0 Å². The van der Waals surface area contributed by atoms with Gasteiger partial charge >= 0.3 is 5.97 Å². The van der Waals surface area contributed by atoms with E-state index >= 15 is 0 Å². The molecule has 1 N–H and O–H groups in total. The van der Waals surface area contributed by atoms with Gasteiger partial charge in [-0.1, -0.05) is 27.2 Å². The highest BCUT2D eigenvalue weighted by Crippen LogP contribution is 1.99. The lowest BCUT2D eigenvalue weighted by Gasteiger charge is -2.21. The summed E-state index contributed by atoms with van der Waals surface area (Å²) in [6.45, 7) is 12.6. The van der Waals surface area contributed by atoms with Gasteiger partial charge in [0.05, 0.1) is 6.61 Å². The molecule has 102 valence electrons. The second kappa shape index (κ2) is 10.5. The summed E-state index contributed by atoms with van der Waals surface area (Å²) < 4.78 is 5.05. The second-order valence-corrected chi connectivity index (χ2v) is 4.07. The van der Waals surface area contributed by atoms with Gasteiger partial charge in [0.1, 0.15) is 6.04 Å². The Labute approximate surface area is 106 Å². The van der Waals surface area contributed by atoms with Crippen molar-refractivity contribution >= 4 is 5.97 Å². The Kier molecular flexibility index (Phi) is 10.2. The van der Waals surface area contributed by atoms with E-state index < -0.39 is 0 Å². The highest BCUT2D eigenvalue weighted by molar-refractivity contribution is 5.75. The number of carbonyl (C=O) groups excluding carboxylic acids is 1. The Morgan fingerprint density at radius 1 is 1.24 bits per heavy atom. The van der Waals surface area contributed by atoms with Crippen molar-refractivity contribution in [3.05, 3.63) is 0 Å². The molecule has 0 bridgehead atoms. The first-order valence-corrected chi connectivity index (χ1v) is 6.81. The molecular weight excluding hydrogens is 216 g/mol. The van der Waals surface area contributed by atoms with Crippen LogP contribution in [-0.4, -0.2) is 49.7 Å². The summed E-state index contributed by atoms with van der Waals surface area (Å²) in [5.41, 5.74) is 0. The van der Waals surface area contributed by atoms with Gasteiger partial charge in [-0.3, -0.25) is 4.79 Å². The Hall–Kier alpha value is -0.610. The van der Waals surface area contributed by atoms with E-state index in [1.165, 1.54) is 0 Å². The monoisotopic (exact) mass is 244 g/mol. The third-order valence-corrected chi connectivity index (χ3v) is 2.86. The molecule has 0 aromatic heterocycles. The zero-order valence-corrected chi connectivity index (χ0v) is 11.8. The van der Waals surface area contributed by atoms with Crippen LogP contribution in [-0.2, 0) is 9.53 Å². The number of hydrogen-bond acceptors (Lipinski definition) is 4. The zero-order chi connectivity index (χ0) is 13.1. The normalized spacial score (nSPS) is 12.8. The molecule has 17 heavy (non-hydrogen) atoms. The molecule has 0 heterocycles. The third kappa shape index (κ3) is 7.34. The van der Waals surface area contributed by atoms with Crippen molar-refractivity contribution in [2.24, 2.45) is 0 Å². The number of hydrogen-bond donors (Lipinski definition) is 1. The molecule has 0 saturated heterocycles. The molecular formula is C13H28N2O2. The van der Waals surface area contributed by atoms with Crippen molar-refractivity contribution < 1.29 is 9.53 Å². The molecule has 0 aromatic rings. The minimum atomic E-state index is -0.143. The number of likely N-dealkylation sites (N-methyl/N-ethyl adjacent to an activating group) is 1. The first-order valence-electron chi connectivity index (χ1n) is 6.81. The fourth-order valence-electron chi connectivity index (χ4n) is 1.77. The van der Waals surface area contributed by atoms with Crippen LogP contribution in [0.1, 0.15) is 40.5 Å². The average molecular weight is 244 g/mol. The number of nitrogens with one attached hydrogen (secondary N) is 1. The third-order valence-electron chi connectivity index (χ3n) is 2.86. The van der Waals surface area contributed by atoms with Crippen LogP contribution in [0, 0.1) is 0 Å². The maximum atomic E-state index is 11.6. The topological polar surface area (TPSA) is 41.6 Å². The van der Waals surface area contributed by atoms with E-state index in [1.54, 1.807) is 0 Å². The first-order chi connectivity index (χ1) is 8.19. The molecule has 1 unspecified atom stereocenters. The summed E-state index contributed by atoms with van der Waals surface area (Å²) >= 11 is 0. The van der Waals surface area contributed by atoms with Gasteiger partial charge in [-0.15, -0.1) is 0 Å². The maximum absolute atomic E-state index is 11.6. The minimum Gasteiger partial charge on any atom is -0.465 e. The first kappa shape index (κ1) is 16.4. The SMILES string of the molecule is CCCC(NCCN(CC)CC)C(=O)OCC. The molecule has 0 amide bonds. The van der Waals surface area contributed by atoms with E-state index in [2.05, 4.69) is 31.0 Å². The van der Waals surface area contributed by atoms with Crippen LogP contribution in [0.3, 0.4) is 0 Å². The van der Waals surface area contributed by atoms with Gasteiger partial charge in [0, 0.05) is 13.1 Å². The minimum absolute atomic E-state index is 0.117. The van der Waals surface area contributed by atoms with Gasteiger partial charge in [0.15, 0.2) is 0 Å². The van der Waals surface area contributed by atoms with Crippen LogP contribution < -0.4 is 5.32 Å². The van der Waals surface area contributed by atoms with Gasteiger partial charge < -0.3 is 15.0 Å². The number of rotatable bonds is 10. The molecule has 0 aliphatic carbocycles. The molecule has 0 saturated carbocycles. The zero-order valence-electron chi connectivity index (χ0n) is 11.8. The van der Waals surface area contributed by atoms with E-state index in [0.717, 1.165) is 39.0 Å². The highest BCUT2D eigenvalue weighted by Gasteiger charge is 2.17. The Balaban J connectivity index is 3.95. The number of esters is 1. The summed E-state index contributed by atoms with van der Waals surface area (Å²) in [4.78, 5) is 14.0. The van der Waals surface area contributed by atoms with Crippen molar-refractivity contribution in [1.82, 2.24) is 10.2 Å². The van der Waals surface area contributed by atoms with Crippen LogP contribution in [0.2, 0.25) is 0 Å². The van der Waals surface area contributed by atoms with E-state index in [1.807, 2.05) is 6.92 Å². The van der Waals surface area contributed by atoms with Gasteiger partial charge in [-0.2, -0.15) is 0 Å². The van der Waals surface area contributed by atoms with Gasteiger partial charge in [-0.25, -0.2) is 0 Å². The fourth-order valence-corrected chi connectivity index (χ4v) is 1.77. The Morgan fingerprint density at radius 3 is 2.35 bits per heavy atom. The molecule has 0 rings (SSSR count). The van der Waals surface area contributed by atoms with Crippen LogP contribution >= 0.6 is 0 Å². The van der Waals surface area contributed by atoms with E-state index in [0.29, 0.717) is 6.61 Å². The average Bonchev–Trinajstić information content (AvgIpc) is 2.33. The van der Waals surface area contributed by atoms with E-state index in [4.69, 9.17) is 4.74 Å². The second-order valence-electron chi connectivity index (χ2n) is 4.07. The van der Waals surface area contributed by atoms with Crippen LogP contribution in [0.15, 0.2) is 0 Å². The predicted octanol–water partition coefficient (Wildman–Crippen LogP) is 1.65. The van der Waals surface area contributed by atoms with Crippen LogP contribution in [0.5, 0.6) is 0 Å². The fraction of sp³-hybridized carbons (Fsp3) is 0.923. The van der Waals surface area contributed by atoms with Crippen molar-refractivity contribution in [3.8, 4) is 0 Å². The van der Waals surface area contributed by atoms with Crippen molar-refractivity contribution in [2.45, 2.75) is 46.6 Å². The lowest BCUT2D eigenvalue weighted by atomic mass is 10.1. The highest BCUT2D eigenvalue weighted by atomic mass is 16.5. The molecule has 4 heteroatoms. The predicted molar refractivity (Wildman–Crippen MR) is 71.1 cm³/mol. The Morgan fingerprint density at radius 2 is 1.88 bits per heavy atom. The number of ether oxygens (including phenoxy) is 1. The largest absolute Gasteiger partial charge is 0.465 e. The van der Waals surface area contributed by atoms with Gasteiger partial charge in [-0.05, 0) is 26.4 Å². The lowest BCUT2D eigenvalue weighted by molar-refractivity contribution is -0.145. The molecule has 0 aliphatic heterocycles. The van der Waals surface area contributed by atoms with Crippen molar-refractivity contribution in [2.75, 3.05) is 32.8 Å². The van der Waals surface area contributed by atoms with Crippen LogP contribution in [0.25, 0.3) is 0 Å².